The minimum Gasteiger partial charge on any atom is -0.250 e. The Labute approximate surface area is 108 Å². The number of hydrogen-bond acceptors (Lipinski definition) is 4. The number of aryl methyl sites for hydroxylation is 1. The minimum atomic E-state index is -2.79. The van der Waals surface area contributed by atoms with Crippen LogP contribution in [0.25, 0.3) is 0 Å². The van der Waals surface area contributed by atoms with Crippen LogP contribution in [0.2, 0.25) is 0 Å². The Morgan fingerprint density at radius 1 is 1.39 bits per heavy atom. The van der Waals surface area contributed by atoms with Crippen LogP contribution in [0.3, 0.4) is 0 Å². The van der Waals surface area contributed by atoms with Gasteiger partial charge in [-0.1, -0.05) is 6.92 Å². The lowest BCUT2D eigenvalue weighted by molar-refractivity contribution is 0.430. The quantitative estimate of drug-likeness (QED) is 0.808. The van der Waals surface area contributed by atoms with Crippen molar-refractivity contribution < 1.29 is 8.42 Å². The third-order valence-corrected chi connectivity index (χ3v) is 5.83. The van der Waals surface area contributed by atoms with Gasteiger partial charge in [-0.05, 0) is 25.2 Å². The molecule has 2 unspecified atom stereocenters. The molecular weight excluding hydrogens is 250 g/mol. The molecule has 5 nitrogen and oxygen atoms in total. The minimum absolute atomic E-state index is 0.217. The molecule has 2 atom stereocenters. The van der Waals surface area contributed by atoms with Crippen molar-refractivity contribution >= 4 is 9.84 Å². The molecule has 3 rings (SSSR count). The Balaban J connectivity index is 1.74. The highest BCUT2D eigenvalue weighted by Crippen LogP contribution is 2.26. The first kappa shape index (κ1) is 12.1. The van der Waals surface area contributed by atoms with Gasteiger partial charge in [-0.3, -0.25) is 0 Å². The monoisotopic (exact) mass is 269 g/mol. The van der Waals surface area contributed by atoms with Gasteiger partial charge in [0.15, 0.2) is 15.7 Å². The second-order valence-corrected chi connectivity index (χ2v) is 7.85. The van der Waals surface area contributed by atoms with E-state index in [-0.39, 0.29) is 5.92 Å². The van der Waals surface area contributed by atoms with Crippen molar-refractivity contribution in [2.45, 2.75) is 45.1 Å². The maximum Gasteiger partial charge on any atom is 0.151 e. The molecule has 1 aromatic heterocycles. The van der Waals surface area contributed by atoms with E-state index in [0.717, 1.165) is 31.0 Å². The maximum absolute atomic E-state index is 11.4. The van der Waals surface area contributed by atoms with Gasteiger partial charge in [0.1, 0.15) is 5.82 Å². The highest BCUT2D eigenvalue weighted by molar-refractivity contribution is 7.91. The summed E-state index contributed by atoms with van der Waals surface area (Å²) < 4.78 is 24.9. The van der Waals surface area contributed by atoms with Crippen LogP contribution >= 0.6 is 0 Å². The molecular formula is C12H19N3O2S. The van der Waals surface area contributed by atoms with Crippen LogP contribution in [-0.2, 0) is 22.8 Å². The Hall–Kier alpha value is -0.910. The second kappa shape index (κ2) is 4.33. The molecule has 0 N–H and O–H groups in total. The van der Waals surface area contributed by atoms with Gasteiger partial charge in [0, 0.05) is 18.9 Å². The van der Waals surface area contributed by atoms with Gasteiger partial charge in [-0.2, -0.15) is 5.10 Å². The first-order chi connectivity index (χ1) is 8.53. The van der Waals surface area contributed by atoms with E-state index in [2.05, 4.69) is 17.0 Å². The fourth-order valence-electron chi connectivity index (χ4n) is 2.99. The first-order valence-corrected chi connectivity index (χ1v) is 8.50. The van der Waals surface area contributed by atoms with E-state index >= 15 is 0 Å². The van der Waals surface area contributed by atoms with E-state index in [0.29, 0.717) is 23.8 Å². The first-order valence-electron chi connectivity index (χ1n) is 6.67. The van der Waals surface area contributed by atoms with Gasteiger partial charge in [0.2, 0.25) is 0 Å². The van der Waals surface area contributed by atoms with Crippen LogP contribution in [0.5, 0.6) is 0 Å². The second-order valence-electron chi connectivity index (χ2n) is 5.63. The van der Waals surface area contributed by atoms with Crippen molar-refractivity contribution in [3.8, 4) is 0 Å². The molecule has 0 aromatic carbocycles. The molecule has 2 aliphatic heterocycles. The number of sulfone groups is 1. The van der Waals surface area contributed by atoms with Gasteiger partial charge in [0.25, 0.3) is 0 Å². The summed E-state index contributed by atoms with van der Waals surface area (Å²) in [6.07, 6.45) is 3.82. The molecule has 1 fully saturated rings. The van der Waals surface area contributed by atoms with E-state index in [1.165, 1.54) is 6.42 Å². The number of rotatable bonds is 2. The van der Waals surface area contributed by atoms with Crippen molar-refractivity contribution in [2.24, 2.45) is 5.92 Å². The molecule has 6 heteroatoms. The molecule has 3 heterocycles. The van der Waals surface area contributed by atoms with Gasteiger partial charge >= 0.3 is 0 Å². The summed E-state index contributed by atoms with van der Waals surface area (Å²) in [7, 11) is -2.79. The Morgan fingerprint density at radius 3 is 2.89 bits per heavy atom. The molecule has 0 bridgehead atoms. The van der Waals surface area contributed by atoms with Gasteiger partial charge in [-0.25, -0.2) is 18.1 Å². The zero-order valence-corrected chi connectivity index (χ0v) is 11.5. The summed E-state index contributed by atoms with van der Waals surface area (Å²) in [5, 5.41) is 4.52. The molecule has 100 valence electrons. The van der Waals surface area contributed by atoms with Crippen LogP contribution < -0.4 is 0 Å². The van der Waals surface area contributed by atoms with Gasteiger partial charge in [0.05, 0.1) is 11.5 Å². The van der Waals surface area contributed by atoms with Crippen LogP contribution in [0.4, 0.5) is 0 Å². The van der Waals surface area contributed by atoms with Crippen molar-refractivity contribution in [3.63, 3.8) is 0 Å². The molecule has 0 aliphatic carbocycles. The van der Waals surface area contributed by atoms with E-state index in [1.54, 1.807) is 0 Å². The topological polar surface area (TPSA) is 64.8 Å². The van der Waals surface area contributed by atoms with E-state index in [4.69, 9.17) is 0 Å². The van der Waals surface area contributed by atoms with E-state index in [1.807, 2.05) is 4.68 Å². The van der Waals surface area contributed by atoms with Crippen molar-refractivity contribution in [3.05, 3.63) is 11.6 Å². The van der Waals surface area contributed by atoms with Gasteiger partial charge in [-0.15, -0.1) is 0 Å². The van der Waals surface area contributed by atoms with Crippen molar-refractivity contribution in [1.82, 2.24) is 14.8 Å². The molecule has 1 aromatic rings. The third-order valence-electron chi connectivity index (χ3n) is 3.99. The Kier molecular flexibility index (Phi) is 2.92. The zero-order valence-electron chi connectivity index (χ0n) is 10.7. The summed E-state index contributed by atoms with van der Waals surface area (Å²) in [5.74, 6) is 3.26. The fraction of sp³-hybridized carbons (Fsp3) is 0.833. The van der Waals surface area contributed by atoms with E-state index in [9.17, 15) is 8.42 Å². The molecule has 1 saturated heterocycles. The van der Waals surface area contributed by atoms with Crippen LogP contribution in [0.15, 0.2) is 0 Å². The molecule has 0 saturated carbocycles. The van der Waals surface area contributed by atoms with Crippen molar-refractivity contribution in [2.75, 3.05) is 11.5 Å². The lowest BCUT2D eigenvalue weighted by Crippen LogP contribution is -2.14. The SMILES string of the molecule is CC1CCCn2nc(CC3CCS(=O)(=O)C3)nc21. The summed E-state index contributed by atoms with van der Waals surface area (Å²) in [6, 6.07) is 0. The van der Waals surface area contributed by atoms with Crippen LogP contribution in [0, 0.1) is 5.92 Å². The van der Waals surface area contributed by atoms with Gasteiger partial charge < -0.3 is 0 Å². The van der Waals surface area contributed by atoms with Crippen molar-refractivity contribution in [1.29, 1.82) is 0 Å². The molecule has 2 aliphatic rings. The van der Waals surface area contributed by atoms with Crippen LogP contribution in [0.1, 0.15) is 43.8 Å². The zero-order chi connectivity index (χ0) is 12.8. The number of fused-ring (bicyclic) bond motifs is 1. The third kappa shape index (κ3) is 2.30. The normalized spacial score (nSPS) is 30.3. The lowest BCUT2D eigenvalue weighted by atomic mass is 10.0. The average molecular weight is 269 g/mol. The smallest absolute Gasteiger partial charge is 0.151 e. The number of hydrogen-bond donors (Lipinski definition) is 0. The maximum atomic E-state index is 11.4. The largest absolute Gasteiger partial charge is 0.250 e. The standard InChI is InChI=1S/C12H19N3O2S/c1-9-3-2-5-15-12(9)13-11(14-15)7-10-4-6-18(16,17)8-10/h9-10H,2-8H2,1H3. The van der Waals surface area contributed by atoms with Crippen LogP contribution in [-0.4, -0.2) is 34.7 Å². The number of aromatic nitrogens is 3. The lowest BCUT2D eigenvalue weighted by Gasteiger charge is -2.17. The predicted octanol–water partition coefficient (Wildman–Crippen LogP) is 1.15. The highest BCUT2D eigenvalue weighted by atomic mass is 32.2. The summed E-state index contributed by atoms with van der Waals surface area (Å²) in [6.45, 7) is 3.14. The summed E-state index contributed by atoms with van der Waals surface area (Å²) >= 11 is 0. The fourth-order valence-corrected chi connectivity index (χ4v) is 4.85. The summed E-state index contributed by atoms with van der Waals surface area (Å²) in [5.41, 5.74) is 0. The molecule has 0 amide bonds. The summed E-state index contributed by atoms with van der Waals surface area (Å²) in [4.78, 5) is 4.60. The predicted molar refractivity (Wildman–Crippen MR) is 68.1 cm³/mol. The number of nitrogens with zero attached hydrogens (tertiary/aromatic N) is 3. The molecule has 18 heavy (non-hydrogen) atoms. The Morgan fingerprint density at radius 2 is 2.22 bits per heavy atom. The molecule has 0 radical (unpaired) electrons. The molecule has 0 spiro atoms. The highest BCUT2D eigenvalue weighted by Gasteiger charge is 2.29. The average Bonchev–Trinajstić information content (AvgIpc) is 2.83. The Bertz CT molecular complexity index is 550. The van der Waals surface area contributed by atoms with E-state index < -0.39 is 9.84 Å².